The van der Waals surface area contributed by atoms with Crippen molar-refractivity contribution in [2.24, 2.45) is 0 Å². The van der Waals surface area contributed by atoms with E-state index in [-0.39, 0.29) is 11.9 Å². The SMILES string of the molecule is Cc1ccc(F)cc1NCCC(C)O. The first kappa shape index (κ1) is 11.0. The van der Waals surface area contributed by atoms with Gasteiger partial charge in [-0.1, -0.05) is 6.07 Å². The Morgan fingerprint density at radius 1 is 1.50 bits per heavy atom. The van der Waals surface area contributed by atoms with Crippen LogP contribution in [0.25, 0.3) is 0 Å². The van der Waals surface area contributed by atoms with Gasteiger partial charge in [-0.2, -0.15) is 0 Å². The molecule has 0 saturated heterocycles. The number of halogens is 1. The Kier molecular flexibility index (Phi) is 3.89. The zero-order valence-corrected chi connectivity index (χ0v) is 8.55. The summed E-state index contributed by atoms with van der Waals surface area (Å²) >= 11 is 0. The molecule has 1 aromatic rings. The molecular weight excluding hydrogens is 181 g/mol. The van der Waals surface area contributed by atoms with Crippen LogP contribution in [-0.2, 0) is 0 Å². The van der Waals surface area contributed by atoms with Gasteiger partial charge in [-0.25, -0.2) is 4.39 Å². The van der Waals surface area contributed by atoms with E-state index in [1.165, 1.54) is 12.1 Å². The largest absolute Gasteiger partial charge is 0.393 e. The molecule has 14 heavy (non-hydrogen) atoms. The Morgan fingerprint density at radius 2 is 2.21 bits per heavy atom. The standard InChI is InChI=1S/C11H16FNO/c1-8-3-4-10(12)7-11(8)13-6-5-9(2)14/h3-4,7,9,13-14H,5-6H2,1-2H3. The first-order valence-electron chi connectivity index (χ1n) is 4.77. The van der Waals surface area contributed by atoms with Gasteiger partial charge in [0.15, 0.2) is 0 Å². The van der Waals surface area contributed by atoms with E-state index in [1.54, 1.807) is 13.0 Å². The maximum atomic E-state index is 12.8. The van der Waals surface area contributed by atoms with Crippen molar-refractivity contribution in [2.75, 3.05) is 11.9 Å². The van der Waals surface area contributed by atoms with Crippen LogP contribution in [-0.4, -0.2) is 17.8 Å². The van der Waals surface area contributed by atoms with E-state index >= 15 is 0 Å². The van der Waals surface area contributed by atoms with E-state index in [4.69, 9.17) is 5.11 Å². The highest BCUT2D eigenvalue weighted by Crippen LogP contribution is 2.15. The number of rotatable bonds is 4. The van der Waals surface area contributed by atoms with Crippen LogP contribution in [0.1, 0.15) is 18.9 Å². The van der Waals surface area contributed by atoms with Gasteiger partial charge in [0.2, 0.25) is 0 Å². The zero-order valence-electron chi connectivity index (χ0n) is 8.55. The molecule has 2 nitrogen and oxygen atoms in total. The second kappa shape index (κ2) is 4.96. The summed E-state index contributed by atoms with van der Waals surface area (Å²) in [6.45, 7) is 4.31. The van der Waals surface area contributed by atoms with Crippen LogP contribution in [0.3, 0.4) is 0 Å². The lowest BCUT2D eigenvalue weighted by atomic mass is 10.2. The van der Waals surface area contributed by atoms with E-state index in [9.17, 15) is 4.39 Å². The van der Waals surface area contributed by atoms with Crippen molar-refractivity contribution in [2.45, 2.75) is 26.4 Å². The van der Waals surface area contributed by atoms with Crippen molar-refractivity contribution < 1.29 is 9.50 Å². The van der Waals surface area contributed by atoms with Crippen molar-refractivity contribution in [3.8, 4) is 0 Å². The third kappa shape index (κ3) is 3.34. The molecule has 0 aliphatic heterocycles. The zero-order chi connectivity index (χ0) is 10.6. The predicted molar refractivity (Wildman–Crippen MR) is 55.9 cm³/mol. The number of nitrogens with one attached hydrogen (secondary N) is 1. The fraction of sp³-hybridized carbons (Fsp3) is 0.455. The summed E-state index contributed by atoms with van der Waals surface area (Å²) in [6.07, 6.45) is 0.340. The predicted octanol–water partition coefficient (Wildman–Crippen LogP) is 2.32. The number of benzene rings is 1. The molecule has 2 N–H and O–H groups in total. The van der Waals surface area contributed by atoms with Crippen molar-refractivity contribution in [1.29, 1.82) is 0 Å². The fourth-order valence-corrected chi connectivity index (χ4v) is 1.20. The van der Waals surface area contributed by atoms with Gasteiger partial charge in [-0.3, -0.25) is 0 Å². The third-order valence-electron chi connectivity index (χ3n) is 2.08. The molecule has 3 heteroatoms. The molecule has 1 aromatic carbocycles. The molecule has 0 heterocycles. The molecule has 1 atom stereocenters. The summed E-state index contributed by atoms with van der Waals surface area (Å²) in [5.41, 5.74) is 1.81. The van der Waals surface area contributed by atoms with Gasteiger partial charge >= 0.3 is 0 Å². The number of anilines is 1. The van der Waals surface area contributed by atoms with Crippen molar-refractivity contribution >= 4 is 5.69 Å². The minimum Gasteiger partial charge on any atom is -0.393 e. The third-order valence-corrected chi connectivity index (χ3v) is 2.08. The lowest BCUT2D eigenvalue weighted by molar-refractivity contribution is 0.189. The van der Waals surface area contributed by atoms with Crippen molar-refractivity contribution in [3.05, 3.63) is 29.6 Å². The maximum absolute atomic E-state index is 12.8. The van der Waals surface area contributed by atoms with Crippen molar-refractivity contribution in [1.82, 2.24) is 0 Å². The van der Waals surface area contributed by atoms with Gasteiger partial charge in [0, 0.05) is 12.2 Å². The van der Waals surface area contributed by atoms with Crippen LogP contribution in [0.15, 0.2) is 18.2 Å². The molecule has 0 aromatic heterocycles. The summed E-state index contributed by atoms with van der Waals surface area (Å²) < 4.78 is 12.8. The molecule has 0 spiro atoms. The highest BCUT2D eigenvalue weighted by Gasteiger charge is 2.00. The van der Waals surface area contributed by atoms with E-state index in [0.717, 1.165) is 11.3 Å². The number of aliphatic hydroxyl groups excluding tert-OH is 1. The van der Waals surface area contributed by atoms with Gasteiger partial charge in [0.25, 0.3) is 0 Å². The Labute approximate surface area is 83.8 Å². The first-order valence-corrected chi connectivity index (χ1v) is 4.77. The molecular formula is C11H16FNO. The van der Waals surface area contributed by atoms with Crippen LogP contribution >= 0.6 is 0 Å². The second-order valence-electron chi connectivity index (χ2n) is 3.52. The monoisotopic (exact) mass is 197 g/mol. The molecule has 1 rings (SSSR count). The fourth-order valence-electron chi connectivity index (χ4n) is 1.20. The highest BCUT2D eigenvalue weighted by molar-refractivity contribution is 5.50. The average molecular weight is 197 g/mol. The van der Waals surface area contributed by atoms with E-state index < -0.39 is 0 Å². The van der Waals surface area contributed by atoms with Gasteiger partial charge in [-0.05, 0) is 38.0 Å². The summed E-state index contributed by atoms with van der Waals surface area (Å²) in [6, 6.07) is 4.65. The van der Waals surface area contributed by atoms with Gasteiger partial charge < -0.3 is 10.4 Å². The van der Waals surface area contributed by atoms with Gasteiger partial charge in [0.05, 0.1) is 6.10 Å². The van der Waals surface area contributed by atoms with E-state index in [0.29, 0.717) is 13.0 Å². The second-order valence-corrected chi connectivity index (χ2v) is 3.52. The highest BCUT2D eigenvalue weighted by atomic mass is 19.1. The smallest absolute Gasteiger partial charge is 0.125 e. The Bertz CT molecular complexity index is 299. The van der Waals surface area contributed by atoms with E-state index in [2.05, 4.69) is 5.32 Å². The van der Waals surface area contributed by atoms with Crippen LogP contribution in [0.2, 0.25) is 0 Å². The minimum atomic E-state index is -0.323. The minimum absolute atomic E-state index is 0.241. The topological polar surface area (TPSA) is 32.3 Å². The average Bonchev–Trinajstić information content (AvgIpc) is 2.10. The van der Waals surface area contributed by atoms with Crippen LogP contribution < -0.4 is 5.32 Å². The van der Waals surface area contributed by atoms with E-state index in [1.807, 2.05) is 6.92 Å². The summed E-state index contributed by atoms with van der Waals surface area (Å²) in [5.74, 6) is -0.241. The Hall–Kier alpha value is -1.09. The summed E-state index contributed by atoms with van der Waals surface area (Å²) in [5, 5.41) is 12.1. The molecule has 1 unspecified atom stereocenters. The number of aryl methyl sites for hydroxylation is 1. The van der Waals surface area contributed by atoms with Gasteiger partial charge in [-0.15, -0.1) is 0 Å². The van der Waals surface area contributed by atoms with Crippen LogP contribution in [0.5, 0.6) is 0 Å². The maximum Gasteiger partial charge on any atom is 0.125 e. The normalized spacial score (nSPS) is 12.6. The lowest BCUT2D eigenvalue weighted by Gasteiger charge is -2.10. The number of hydrogen-bond donors (Lipinski definition) is 2. The number of hydrogen-bond acceptors (Lipinski definition) is 2. The molecule has 0 saturated carbocycles. The Morgan fingerprint density at radius 3 is 2.86 bits per heavy atom. The molecule has 0 aliphatic carbocycles. The van der Waals surface area contributed by atoms with Gasteiger partial charge in [0.1, 0.15) is 5.82 Å². The quantitative estimate of drug-likeness (QED) is 0.776. The first-order chi connectivity index (χ1) is 6.59. The van der Waals surface area contributed by atoms with Crippen LogP contribution in [0, 0.1) is 12.7 Å². The summed E-state index contributed by atoms with van der Waals surface area (Å²) in [7, 11) is 0. The molecule has 78 valence electrons. The molecule has 0 radical (unpaired) electrons. The summed E-state index contributed by atoms with van der Waals surface area (Å²) in [4.78, 5) is 0. The number of aliphatic hydroxyl groups is 1. The molecule has 0 amide bonds. The molecule has 0 aliphatic rings. The lowest BCUT2D eigenvalue weighted by Crippen LogP contribution is -2.10. The Balaban J connectivity index is 2.53. The van der Waals surface area contributed by atoms with Crippen molar-refractivity contribution in [3.63, 3.8) is 0 Å². The molecule has 0 fully saturated rings. The van der Waals surface area contributed by atoms with Crippen LogP contribution in [0.4, 0.5) is 10.1 Å². The molecule has 0 bridgehead atoms.